The number of anilines is 1. The van der Waals surface area contributed by atoms with Gasteiger partial charge in [0.1, 0.15) is 0 Å². The summed E-state index contributed by atoms with van der Waals surface area (Å²) in [7, 11) is 0. The van der Waals surface area contributed by atoms with Crippen molar-refractivity contribution in [1.29, 1.82) is 0 Å². The summed E-state index contributed by atoms with van der Waals surface area (Å²) in [5.74, 6) is -0.262. The topological polar surface area (TPSA) is 77.2 Å². The second-order valence-electron chi connectivity index (χ2n) is 5.35. The molecule has 0 aliphatic rings. The molecule has 0 saturated heterocycles. The first-order valence-corrected chi connectivity index (χ1v) is 7.34. The van der Waals surface area contributed by atoms with Crippen LogP contribution in [0, 0.1) is 17.0 Å². The van der Waals surface area contributed by atoms with Crippen LogP contribution in [0.5, 0.6) is 0 Å². The molecule has 120 valence electrons. The molecule has 24 heavy (non-hydrogen) atoms. The fourth-order valence-electron chi connectivity index (χ4n) is 2.43. The third-order valence-corrected chi connectivity index (χ3v) is 3.68. The number of carbonyl (C=O) groups excluding carboxylic acids is 1. The number of nitrogens with one attached hydrogen (secondary N) is 1. The number of rotatable bonds is 4. The molecular formula is C18H15N3O3. The van der Waals surface area contributed by atoms with Crippen LogP contribution in [0.1, 0.15) is 15.9 Å². The Morgan fingerprint density at radius 2 is 1.75 bits per heavy atom. The van der Waals surface area contributed by atoms with Gasteiger partial charge < -0.3 is 9.88 Å². The molecule has 6 heteroatoms. The average Bonchev–Trinajstić information content (AvgIpc) is 3.09. The van der Waals surface area contributed by atoms with Gasteiger partial charge in [0.25, 0.3) is 11.6 Å². The Balaban J connectivity index is 1.75. The van der Waals surface area contributed by atoms with Crippen molar-refractivity contribution < 1.29 is 9.72 Å². The van der Waals surface area contributed by atoms with Crippen molar-refractivity contribution >= 4 is 17.3 Å². The minimum absolute atomic E-state index is 0.0316. The first-order valence-electron chi connectivity index (χ1n) is 7.34. The summed E-state index contributed by atoms with van der Waals surface area (Å²) in [6, 6.07) is 15.6. The molecule has 0 radical (unpaired) electrons. The van der Waals surface area contributed by atoms with Crippen LogP contribution in [0.3, 0.4) is 0 Å². The van der Waals surface area contributed by atoms with E-state index >= 15 is 0 Å². The van der Waals surface area contributed by atoms with Crippen molar-refractivity contribution in [3.63, 3.8) is 0 Å². The standard InChI is InChI=1S/C18H15N3O3/c1-13-12-15(6-9-17(13)21(23)24)19-18(22)14-4-7-16(8-5-14)20-10-2-3-11-20/h2-12H,1H3,(H,19,22). The number of benzene rings is 2. The van der Waals surface area contributed by atoms with Crippen molar-refractivity contribution in [2.45, 2.75) is 6.92 Å². The van der Waals surface area contributed by atoms with E-state index in [0.29, 0.717) is 16.8 Å². The summed E-state index contributed by atoms with van der Waals surface area (Å²) >= 11 is 0. The minimum atomic E-state index is -0.444. The molecule has 2 aromatic carbocycles. The molecule has 1 amide bonds. The molecule has 1 aromatic heterocycles. The summed E-state index contributed by atoms with van der Waals surface area (Å²) in [5, 5.41) is 13.6. The average molecular weight is 321 g/mol. The zero-order chi connectivity index (χ0) is 17.1. The summed E-state index contributed by atoms with van der Waals surface area (Å²) in [5.41, 5.74) is 2.53. The predicted octanol–water partition coefficient (Wildman–Crippen LogP) is 3.95. The van der Waals surface area contributed by atoms with E-state index in [2.05, 4.69) is 5.32 Å². The second-order valence-corrected chi connectivity index (χ2v) is 5.35. The van der Waals surface area contributed by atoms with E-state index in [0.717, 1.165) is 5.69 Å². The maximum Gasteiger partial charge on any atom is 0.272 e. The van der Waals surface area contributed by atoms with Gasteiger partial charge in [0, 0.05) is 41.0 Å². The lowest BCUT2D eigenvalue weighted by Gasteiger charge is -2.08. The van der Waals surface area contributed by atoms with Gasteiger partial charge in [-0.3, -0.25) is 14.9 Å². The van der Waals surface area contributed by atoms with Crippen LogP contribution in [0.4, 0.5) is 11.4 Å². The van der Waals surface area contributed by atoms with Crippen LogP contribution in [0.25, 0.3) is 5.69 Å². The summed E-state index contributed by atoms with van der Waals surface area (Å²) in [4.78, 5) is 22.7. The highest BCUT2D eigenvalue weighted by Crippen LogP contribution is 2.22. The molecule has 0 spiro atoms. The van der Waals surface area contributed by atoms with Crippen LogP contribution in [0.2, 0.25) is 0 Å². The van der Waals surface area contributed by atoms with Gasteiger partial charge in [0.2, 0.25) is 0 Å². The van der Waals surface area contributed by atoms with Gasteiger partial charge in [-0.15, -0.1) is 0 Å². The molecule has 0 saturated carbocycles. The first kappa shape index (κ1) is 15.5. The zero-order valence-corrected chi connectivity index (χ0v) is 13.0. The SMILES string of the molecule is Cc1cc(NC(=O)c2ccc(-n3cccc3)cc2)ccc1[N+](=O)[O-]. The van der Waals surface area contributed by atoms with Crippen LogP contribution in [-0.4, -0.2) is 15.4 Å². The van der Waals surface area contributed by atoms with E-state index in [4.69, 9.17) is 0 Å². The number of aryl methyl sites for hydroxylation is 1. The Labute approximate surface area is 138 Å². The number of nitro groups is 1. The number of nitro benzene ring substituents is 1. The van der Waals surface area contributed by atoms with E-state index in [-0.39, 0.29) is 11.6 Å². The van der Waals surface area contributed by atoms with Crippen molar-refractivity contribution in [1.82, 2.24) is 4.57 Å². The normalized spacial score (nSPS) is 10.4. The van der Waals surface area contributed by atoms with Crippen LogP contribution < -0.4 is 5.32 Å². The van der Waals surface area contributed by atoms with Crippen LogP contribution >= 0.6 is 0 Å². The van der Waals surface area contributed by atoms with Crippen molar-refractivity contribution in [3.8, 4) is 5.69 Å². The molecule has 0 unspecified atom stereocenters. The van der Waals surface area contributed by atoms with E-state index in [1.165, 1.54) is 12.1 Å². The Morgan fingerprint density at radius 1 is 1.08 bits per heavy atom. The third kappa shape index (κ3) is 3.17. The third-order valence-electron chi connectivity index (χ3n) is 3.68. The smallest absolute Gasteiger partial charge is 0.272 e. The molecular weight excluding hydrogens is 306 g/mol. The highest BCUT2D eigenvalue weighted by Gasteiger charge is 2.12. The van der Waals surface area contributed by atoms with Gasteiger partial charge >= 0.3 is 0 Å². The minimum Gasteiger partial charge on any atom is -0.324 e. The van der Waals surface area contributed by atoms with Gasteiger partial charge in [0.15, 0.2) is 0 Å². The van der Waals surface area contributed by atoms with Crippen LogP contribution in [-0.2, 0) is 0 Å². The fraction of sp³-hybridized carbons (Fsp3) is 0.0556. The Morgan fingerprint density at radius 3 is 2.33 bits per heavy atom. The maximum absolute atomic E-state index is 12.3. The van der Waals surface area contributed by atoms with E-state index < -0.39 is 4.92 Å². The molecule has 1 N–H and O–H groups in total. The van der Waals surface area contributed by atoms with Crippen molar-refractivity contribution in [3.05, 3.63) is 88.2 Å². The van der Waals surface area contributed by atoms with Crippen molar-refractivity contribution in [2.24, 2.45) is 0 Å². The number of hydrogen-bond donors (Lipinski definition) is 1. The number of amides is 1. The monoisotopic (exact) mass is 321 g/mol. The quantitative estimate of drug-likeness (QED) is 0.584. The maximum atomic E-state index is 12.3. The van der Waals surface area contributed by atoms with Crippen molar-refractivity contribution in [2.75, 3.05) is 5.32 Å². The fourth-order valence-corrected chi connectivity index (χ4v) is 2.43. The lowest BCUT2D eigenvalue weighted by atomic mass is 10.1. The first-order chi connectivity index (χ1) is 11.5. The molecule has 1 heterocycles. The highest BCUT2D eigenvalue weighted by atomic mass is 16.6. The summed E-state index contributed by atoms with van der Waals surface area (Å²) in [6.45, 7) is 1.64. The molecule has 0 bridgehead atoms. The Hall–Kier alpha value is -3.41. The van der Waals surface area contributed by atoms with Gasteiger partial charge in [0.05, 0.1) is 4.92 Å². The summed E-state index contributed by atoms with van der Waals surface area (Å²) in [6.07, 6.45) is 3.85. The van der Waals surface area contributed by atoms with Gasteiger partial charge in [-0.05, 0) is 55.5 Å². The second kappa shape index (κ2) is 6.37. The lowest BCUT2D eigenvalue weighted by Crippen LogP contribution is -2.12. The van der Waals surface area contributed by atoms with E-state index in [1.54, 1.807) is 25.1 Å². The molecule has 3 aromatic rings. The molecule has 3 rings (SSSR count). The number of hydrogen-bond acceptors (Lipinski definition) is 3. The molecule has 0 atom stereocenters. The lowest BCUT2D eigenvalue weighted by molar-refractivity contribution is -0.385. The van der Waals surface area contributed by atoms with Gasteiger partial charge in [-0.1, -0.05) is 0 Å². The Bertz CT molecular complexity index is 884. The number of nitrogens with zero attached hydrogens (tertiary/aromatic N) is 2. The van der Waals surface area contributed by atoms with Gasteiger partial charge in [-0.25, -0.2) is 0 Å². The molecule has 0 aliphatic carbocycles. The molecule has 0 fully saturated rings. The largest absolute Gasteiger partial charge is 0.324 e. The van der Waals surface area contributed by atoms with Crippen LogP contribution in [0.15, 0.2) is 67.0 Å². The van der Waals surface area contributed by atoms with E-state index in [9.17, 15) is 14.9 Å². The Kier molecular flexibility index (Phi) is 4.11. The highest BCUT2D eigenvalue weighted by molar-refractivity contribution is 6.04. The molecule has 0 aliphatic heterocycles. The zero-order valence-electron chi connectivity index (χ0n) is 13.0. The van der Waals surface area contributed by atoms with E-state index in [1.807, 2.05) is 41.2 Å². The van der Waals surface area contributed by atoms with Gasteiger partial charge in [-0.2, -0.15) is 0 Å². The number of aromatic nitrogens is 1. The number of carbonyl (C=O) groups is 1. The summed E-state index contributed by atoms with van der Waals surface area (Å²) < 4.78 is 1.95. The molecule has 6 nitrogen and oxygen atoms in total. The predicted molar refractivity (Wildman–Crippen MR) is 91.6 cm³/mol.